The van der Waals surface area contributed by atoms with Crippen LogP contribution in [0.15, 0.2) is 73.1 Å². The van der Waals surface area contributed by atoms with E-state index in [1.54, 1.807) is 17.0 Å². The molecule has 5 rings (SSSR count). The number of halogens is 7. The van der Waals surface area contributed by atoms with E-state index in [2.05, 4.69) is 0 Å². The van der Waals surface area contributed by atoms with Gasteiger partial charge >= 0.3 is 12.4 Å². The van der Waals surface area contributed by atoms with Crippen LogP contribution < -0.4 is 4.73 Å². The van der Waals surface area contributed by atoms with Gasteiger partial charge in [0.25, 0.3) is 0 Å². The first-order valence-electron chi connectivity index (χ1n) is 12.6. The van der Waals surface area contributed by atoms with Gasteiger partial charge in [-0.2, -0.15) is 31.1 Å². The number of hydrogen-bond acceptors (Lipinski definition) is 3. The lowest BCUT2D eigenvalue weighted by Gasteiger charge is -2.32. The van der Waals surface area contributed by atoms with Crippen LogP contribution in [0, 0.1) is 11.0 Å². The summed E-state index contributed by atoms with van der Waals surface area (Å²) >= 11 is 0. The van der Waals surface area contributed by atoms with Crippen LogP contribution in [0.2, 0.25) is 0 Å². The number of amides is 1. The molecule has 0 aliphatic carbocycles. The molecule has 2 aromatic carbocycles. The minimum Gasteiger partial charge on any atom is -0.619 e. The van der Waals surface area contributed by atoms with Crippen LogP contribution in [0.1, 0.15) is 53.2 Å². The van der Waals surface area contributed by atoms with Crippen LogP contribution in [0.25, 0.3) is 5.57 Å². The fourth-order valence-corrected chi connectivity index (χ4v) is 5.52. The molecule has 0 radical (unpaired) electrons. The van der Waals surface area contributed by atoms with Gasteiger partial charge in [-0.25, -0.2) is 4.39 Å². The van der Waals surface area contributed by atoms with Crippen LogP contribution in [0.3, 0.4) is 0 Å². The highest BCUT2D eigenvalue weighted by atomic mass is 19.4. The first-order valence-corrected chi connectivity index (χ1v) is 12.6. The van der Waals surface area contributed by atoms with Crippen molar-refractivity contribution >= 4 is 11.5 Å². The van der Waals surface area contributed by atoms with Gasteiger partial charge in [0.1, 0.15) is 5.82 Å². The molecule has 3 aromatic rings. The molecule has 0 bridgehead atoms. The highest BCUT2D eigenvalue weighted by Gasteiger charge is 2.48. The molecule has 1 fully saturated rings. The maximum absolute atomic E-state index is 13.8. The molecule has 3 heterocycles. The van der Waals surface area contributed by atoms with Crippen LogP contribution in [-0.4, -0.2) is 29.5 Å². The van der Waals surface area contributed by atoms with Crippen molar-refractivity contribution in [3.05, 3.63) is 112 Å². The zero-order valence-corrected chi connectivity index (χ0v) is 21.4. The molecular formula is C29H23F7N2O3. The quantitative estimate of drug-likeness (QED) is 0.199. The van der Waals surface area contributed by atoms with Gasteiger partial charge in [0.15, 0.2) is 12.4 Å². The van der Waals surface area contributed by atoms with Crippen molar-refractivity contribution in [2.24, 2.45) is 0 Å². The minimum absolute atomic E-state index is 0.0140. The normalized spacial score (nSPS) is 22.0. The van der Waals surface area contributed by atoms with Gasteiger partial charge in [-0.3, -0.25) is 4.79 Å². The summed E-state index contributed by atoms with van der Waals surface area (Å²) in [5.41, 5.74) is -1.36. The topological polar surface area (TPSA) is 56.5 Å². The Morgan fingerprint density at radius 2 is 1.54 bits per heavy atom. The van der Waals surface area contributed by atoms with Gasteiger partial charge in [-0.15, -0.1) is 0 Å². The average Bonchev–Trinajstić information content (AvgIpc) is 3.26. The molecule has 0 saturated carbocycles. The summed E-state index contributed by atoms with van der Waals surface area (Å²) in [6, 6.07) is 9.41. The van der Waals surface area contributed by atoms with Crippen molar-refractivity contribution in [1.82, 2.24) is 4.90 Å². The maximum atomic E-state index is 13.8. The zero-order chi connectivity index (χ0) is 29.7. The second-order valence-corrected chi connectivity index (χ2v) is 10.1. The number of ether oxygens (including phenoxy) is 1. The second kappa shape index (κ2) is 10.5. The highest BCUT2D eigenvalue weighted by Crippen LogP contribution is 2.45. The Hall–Kier alpha value is -3.93. The van der Waals surface area contributed by atoms with Crippen LogP contribution in [0.5, 0.6) is 0 Å². The molecule has 2 aliphatic rings. The lowest BCUT2D eigenvalue weighted by Crippen LogP contribution is -2.39. The van der Waals surface area contributed by atoms with E-state index in [-0.39, 0.29) is 24.1 Å². The lowest BCUT2D eigenvalue weighted by atomic mass is 9.83. The van der Waals surface area contributed by atoms with Gasteiger partial charge in [-0.05, 0) is 65.9 Å². The summed E-state index contributed by atoms with van der Waals surface area (Å²) in [7, 11) is 0. The average molecular weight is 581 g/mol. The third-order valence-electron chi connectivity index (χ3n) is 7.49. The molecular weight excluding hydrogens is 557 g/mol. The molecule has 0 N–H and O–H groups in total. The van der Waals surface area contributed by atoms with Gasteiger partial charge in [0, 0.05) is 36.7 Å². The van der Waals surface area contributed by atoms with Gasteiger partial charge in [0.05, 0.1) is 23.3 Å². The van der Waals surface area contributed by atoms with E-state index in [0.29, 0.717) is 40.0 Å². The summed E-state index contributed by atoms with van der Waals surface area (Å²) in [6.07, 6.45) is -7.75. The zero-order valence-electron chi connectivity index (χ0n) is 21.4. The Morgan fingerprint density at radius 1 is 0.951 bits per heavy atom. The Balaban J connectivity index is 1.49. The number of rotatable bonds is 5. The van der Waals surface area contributed by atoms with Gasteiger partial charge < -0.3 is 14.8 Å². The molecule has 12 heteroatoms. The number of nitrogens with zero attached hydrogens (tertiary/aromatic N) is 2. The van der Waals surface area contributed by atoms with E-state index >= 15 is 0 Å². The summed E-state index contributed by atoms with van der Waals surface area (Å²) in [4.78, 5) is 14.7. The molecule has 1 unspecified atom stereocenters. The Kier molecular flexibility index (Phi) is 7.31. The Bertz CT molecular complexity index is 1440. The summed E-state index contributed by atoms with van der Waals surface area (Å²) in [6.45, 7) is 1.36. The molecule has 0 spiro atoms. The first kappa shape index (κ1) is 28.6. The Labute approximate surface area is 230 Å². The maximum Gasteiger partial charge on any atom is 0.416 e. The lowest BCUT2D eigenvalue weighted by molar-refractivity contribution is -0.605. The predicted octanol–water partition coefficient (Wildman–Crippen LogP) is 6.42. The van der Waals surface area contributed by atoms with Crippen molar-refractivity contribution in [2.75, 3.05) is 6.54 Å². The number of carbonyl (C=O) groups excluding carboxylic acids is 1. The minimum atomic E-state index is -5.02. The second-order valence-electron chi connectivity index (χ2n) is 10.1. The van der Waals surface area contributed by atoms with Crippen LogP contribution in [0.4, 0.5) is 30.7 Å². The molecule has 1 saturated heterocycles. The van der Waals surface area contributed by atoms with E-state index < -0.39 is 53.5 Å². The summed E-state index contributed by atoms with van der Waals surface area (Å²) in [5, 5.41) is 11.5. The monoisotopic (exact) mass is 580 g/mol. The van der Waals surface area contributed by atoms with E-state index in [0.717, 1.165) is 0 Å². The van der Waals surface area contributed by atoms with E-state index in [4.69, 9.17) is 4.74 Å². The van der Waals surface area contributed by atoms with Crippen LogP contribution in [-0.2, 0) is 21.9 Å². The molecule has 1 aromatic heterocycles. The SMILES string of the molecule is C[C@@H](O[C@H]1CN2C(=O)C=C(c3cc[n+]([O-])cc3)CC2[C@@H]1c1ccc(F)cc1)c1cc(C(F)(F)F)cc(C(F)(F)F)c1. The highest BCUT2D eigenvalue weighted by molar-refractivity contribution is 5.97. The standard InChI is InChI=1S/C29H23F7N2O3/c1-16(19-10-21(28(31,32)33)14-22(11-19)29(34,35)36)41-25-15-38-24(27(25)18-2-4-23(30)5-3-18)12-20(13-26(38)39)17-6-8-37(40)9-7-17/h2-11,13-14,16,24-25,27H,12,15H2,1H3/t16-,24?,25+,27+/m1/s1. The third kappa shape index (κ3) is 5.92. The van der Waals surface area contributed by atoms with Crippen molar-refractivity contribution in [3.8, 4) is 0 Å². The van der Waals surface area contributed by atoms with E-state index in [9.17, 15) is 40.7 Å². The van der Waals surface area contributed by atoms with Gasteiger partial charge in [-0.1, -0.05) is 12.1 Å². The number of alkyl halides is 6. The van der Waals surface area contributed by atoms with Crippen molar-refractivity contribution in [1.29, 1.82) is 0 Å². The number of aromatic nitrogens is 1. The van der Waals surface area contributed by atoms with Crippen molar-refractivity contribution in [2.45, 2.75) is 49.9 Å². The summed E-state index contributed by atoms with van der Waals surface area (Å²) < 4.78 is 101. The van der Waals surface area contributed by atoms with E-state index in [1.807, 2.05) is 0 Å². The number of carbonyl (C=O) groups is 1. The fraction of sp³-hybridized carbons (Fsp3) is 0.310. The van der Waals surface area contributed by atoms with E-state index in [1.165, 1.54) is 49.7 Å². The molecule has 216 valence electrons. The largest absolute Gasteiger partial charge is 0.619 e. The molecule has 4 atom stereocenters. The number of benzene rings is 2. The Morgan fingerprint density at radius 3 is 2.10 bits per heavy atom. The molecule has 41 heavy (non-hydrogen) atoms. The number of pyridine rings is 1. The predicted molar refractivity (Wildman–Crippen MR) is 132 cm³/mol. The van der Waals surface area contributed by atoms with Crippen LogP contribution >= 0.6 is 0 Å². The van der Waals surface area contributed by atoms with Gasteiger partial charge in [0.2, 0.25) is 5.91 Å². The third-order valence-corrected chi connectivity index (χ3v) is 7.49. The first-order chi connectivity index (χ1) is 19.2. The van der Waals surface area contributed by atoms with Crippen molar-refractivity contribution in [3.63, 3.8) is 0 Å². The molecule has 2 aliphatic heterocycles. The number of fused-ring (bicyclic) bond motifs is 1. The van der Waals surface area contributed by atoms with Crippen molar-refractivity contribution < 1.29 is 45.0 Å². The number of hydrogen-bond donors (Lipinski definition) is 0. The smallest absolute Gasteiger partial charge is 0.416 e. The molecule has 1 amide bonds. The summed E-state index contributed by atoms with van der Waals surface area (Å²) in [5.74, 6) is -1.44. The fourth-order valence-electron chi connectivity index (χ4n) is 5.52. The molecule has 5 nitrogen and oxygen atoms in total.